The maximum absolute atomic E-state index is 12.0. The molecule has 0 aliphatic heterocycles. The highest BCUT2D eigenvalue weighted by molar-refractivity contribution is 5.94. The molecule has 1 N–H and O–H groups in total. The number of carbonyl (C=O) groups excluding carboxylic acids is 1. The number of benzene rings is 2. The second-order valence-corrected chi connectivity index (χ2v) is 5.43. The van der Waals surface area contributed by atoms with Gasteiger partial charge in [-0.15, -0.1) is 0 Å². The SMILES string of the molecule is CN(C)Cc1ccc(CNC(=O)c2ccc(C#N)cc2)cc1. The topological polar surface area (TPSA) is 56.1 Å². The molecule has 0 radical (unpaired) electrons. The summed E-state index contributed by atoms with van der Waals surface area (Å²) in [5.41, 5.74) is 3.41. The summed E-state index contributed by atoms with van der Waals surface area (Å²) in [5.74, 6) is -0.137. The molecule has 22 heavy (non-hydrogen) atoms. The van der Waals surface area contributed by atoms with Crippen LogP contribution in [-0.2, 0) is 13.1 Å². The number of rotatable bonds is 5. The number of hydrogen-bond acceptors (Lipinski definition) is 3. The van der Waals surface area contributed by atoms with Crippen molar-refractivity contribution in [2.75, 3.05) is 14.1 Å². The Morgan fingerprint density at radius 1 is 1.05 bits per heavy atom. The molecule has 0 aromatic heterocycles. The Labute approximate surface area is 131 Å². The summed E-state index contributed by atoms with van der Waals surface area (Å²) in [6.07, 6.45) is 0. The van der Waals surface area contributed by atoms with E-state index in [0.29, 0.717) is 17.7 Å². The Balaban J connectivity index is 1.91. The maximum atomic E-state index is 12.0. The summed E-state index contributed by atoms with van der Waals surface area (Å²) in [6.45, 7) is 1.39. The molecule has 0 heterocycles. The van der Waals surface area contributed by atoms with E-state index in [1.54, 1.807) is 24.3 Å². The molecule has 2 rings (SSSR count). The Kier molecular flexibility index (Phi) is 5.29. The molecule has 112 valence electrons. The van der Waals surface area contributed by atoms with Gasteiger partial charge in [0.1, 0.15) is 0 Å². The van der Waals surface area contributed by atoms with Crippen LogP contribution in [-0.4, -0.2) is 24.9 Å². The number of carbonyl (C=O) groups is 1. The van der Waals surface area contributed by atoms with Crippen molar-refractivity contribution < 1.29 is 4.79 Å². The van der Waals surface area contributed by atoms with Crippen LogP contribution in [0.3, 0.4) is 0 Å². The monoisotopic (exact) mass is 293 g/mol. The van der Waals surface area contributed by atoms with Crippen LogP contribution in [0.2, 0.25) is 0 Å². The van der Waals surface area contributed by atoms with E-state index in [4.69, 9.17) is 5.26 Å². The standard InChI is InChI=1S/C18H19N3O/c1-21(2)13-16-5-3-15(4-6-16)12-20-18(22)17-9-7-14(11-19)8-10-17/h3-10H,12-13H2,1-2H3,(H,20,22). The minimum Gasteiger partial charge on any atom is -0.348 e. The fraction of sp³-hybridized carbons (Fsp3) is 0.222. The lowest BCUT2D eigenvalue weighted by atomic mass is 10.1. The van der Waals surface area contributed by atoms with E-state index < -0.39 is 0 Å². The number of nitrogens with one attached hydrogen (secondary N) is 1. The average molecular weight is 293 g/mol. The minimum absolute atomic E-state index is 0.137. The van der Waals surface area contributed by atoms with Gasteiger partial charge in [-0.2, -0.15) is 5.26 Å². The third kappa shape index (κ3) is 4.44. The molecule has 0 unspecified atom stereocenters. The maximum Gasteiger partial charge on any atom is 0.251 e. The van der Waals surface area contributed by atoms with E-state index in [9.17, 15) is 4.79 Å². The van der Waals surface area contributed by atoms with Crippen LogP contribution in [0.15, 0.2) is 48.5 Å². The zero-order valence-electron chi connectivity index (χ0n) is 12.8. The molecule has 2 aromatic carbocycles. The van der Waals surface area contributed by atoms with Gasteiger partial charge in [0.2, 0.25) is 0 Å². The zero-order valence-corrected chi connectivity index (χ0v) is 12.8. The molecule has 1 amide bonds. The average Bonchev–Trinajstić information content (AvgIpc) is 2.53. The first-order valence-corrected chi connectivity index (χ1v) is 7.09. The lowest BCUT2D eigenvalue weighted by Crippen LogP contribution is -2.22. The highest BCUT2D eigenvalue weighted by Gasteiger charge is 2.05. The molecule has 0 atom stereocenters. The lowest BCUT2D eigenvalue weighted by Gasteiger charge is -2.10. The van der Waals surface area contributed by atoms with Gasteiger partial charge in [0.25, 0.3) is 5.91 Å². The van der Waals surface area contributed by atoms with Crippen molar-refractivity contribution >= 4 is 5.91 Å². The number of amides is 1. The van der Waals surface area contributed by atoms with Gasteiger partial charge in [0, 0.05) is 18.7 Å². The molecule has 0 spiro atoms. The van der Waals surface area contributed by atoms with E-state index in [0.717, 1.165) is 12.1 Å². The first-order valence-electron chi connectivity index (χ1n) is 7.09. The Morgan fingerprint density at radius 3 is 2.18 bits per heavy atom. The van der Waals surface area contributed by atoms with E-state index >= 15 is 0 Å². The van der Waals surface area contributed by atoms with Gasteiger partial charge in [-0.25, -0.2) is 0 Å². The van der Waals surface area contributed by atoms with Crippen LogP contribution in [0, 0.1) is 11.3 Å². The second kappa shape index (κ2) is 7.39. The first-order chi connectivity index (χ1) is 10.6. The van der Waals surface area contributed by atoms with Crippen molar-refractivity contribution in [3.63, 3.8) is 0 Å². The summed E-state index contributed by atoms with van der Waals surface area (Å²) in [5, 5.41) is 11.6. The molecule has 4 nitrogen and oxygen atoms in total. The fourth-order valence-electron chi connectivity index (χ4n) is 2.11. The lowest BCUT2D eigenvalue weighted by molar-refractivity contribution is 0.0951. The molecule has 0 aliphatic rings. The van der Waals surface area contributed by atoms with E-state index in [-0.39, 0.29) is 5.91 Å². The van der Waals surface area contributed by atoms with Gasteiger partial charge in [-0.3, -0.25) is 4.79 Å². The second-order valence-electron chi connectivity index (χ2n) is 5.43. The number of nitriles is 1. The van der Waals surface area contributed by atoms with Gasteiger partial charge < -0.3 is 10.2 Å². The Morgan fingerprint density at radius 2 is 1.64 bits per heavy atom. The fourth-order valence-corrected chi connectivity index (χ4v) is 2.11. The highest BCUT2D eigenvalue weighted by Crippen LogP contribution is 2.07. The molecule has 0 fully saturated rings. The van der Waals surface area contributed by atoms with Crippen LogP contribution in [0.5, 0.6) is 0 Å². The first kappa shape index (κ1) is 15.7. The van der Waals surface area contributed by atoms with Crippen LogP contribution in [0.1, 0.15) is 27.0 Å². The van der Waals surface area contributed by atoms with Crippen LogP contribution < -0.4 is 5.32 Å². The van der Waals surface area contributed by atoms with Crippen molar-refractivity contribution in [3.8, 4) is 6.07 Å². The normalized spacial score (nSPS) is 10.3. The van der Waals surface area contributed by atoms with Crippen molar-refractivity contribution in [3.05, 3.63) is 70.8 Å². The predicted molar refractivity (Wildman–Crippen MR) is 86.2 cm³/mol. The third-order valence-electron chi connectivity index (χ3n) is 3.25. The van der Waals surface area contributed by atoms with Crippen molar-refractivity contribution in [1.29, 1.82) is 5.26 Å². The molecule has 0 saturated carbocycles. The predicted octanol–water partition coefficient (Wildman–Crippen LogP) is 2.55. The van der Waals surface area contributed by atoms with E-state index in [1.165, 1.54) is 5.56 Å². The molecule has 0 bridgehead atoms. The molecular weight excluding hydrogens is 274 g/mol. The van der Waals surface area contributed by atoms with E-state index in [2.05, 4.69) is 22.3 Å². The van der Waals surface area contributed by atoms with Gasteiger partial charge in [-0.1, -0.05) is 24.3 Å². The van der Waals surface area contributed by atoms with Gasteiger partial charge >= 0.3 is 0 Å². The Bertz CT molecular complexity index is 667. The van der Waals surface area contributed by atoms with Crippen molar-refractivity contribution in [2.45, 2.75) is 13.1 Å². The van der Waals surface area contributed by atoms with Gasteiger partial charge in [0.15, 0.2) is 0 Å². The van der Waals surface area contributed by atoms with Crippen LogP contribution in [0.4, 0.5) is 0 Å². The quantitative estimate of drug-likeness (QED) is 0.921. The number of nitrogens with zero attached hydrogens (tertiary/aromatic N) is 2. The van der Waals surface area contributed by atoms with Crippen molar-refractivity contribution in [1.82, 2.24) is 10.2 Å². The summed E-state index contributed by atoms with van der Waals surface area (Å²) < 4.78 is 0. The molecule has 4 heteroatoms. The van der Waals surface area contributed by atoms with E-state index in [1.807, 2.05) is 32.3 Å². The highest BCUT2D eigenvalue weighted by atomic mass is 16.1. The smallest absolute Gasteiger partial charge is 0.251 e. The Hall–Kier alpha value is -2.64. The number of hydrogen-bond donors (Lipinski definition) is 1. The van der Waals surface area contributed by atoms with Gasteiger partial charge in [0.05, 0.1) is 11.6 Å². The molecule has 0 aliphatic carbocycles. The van der Waals surface area contributed by atoms with Crippen LogP contribution >= 0.6 is 0 Å². The van der Waals surface area contributed by atoms with Crippen molar-refractivity contribution in [2.24, 2.45) is 0 Å². The van der Waals surface area contributed by atoms with Gasteiger partial charge in [-0.05, 0) is 49.5 Å². The zero-order chi connectivity index (χ0) is 15.9. The summed E-state index contributed by atoms with van der Waals surface area (Å²) in [4.78, 5) is 14.1. The summed E-state index contributed by atoms with van der Waals surface area (Å²) >= 11 is 0. The molecular formula is C18H19N3O. The molecule has 0 saturated heterocycles. The summed E-state index contributed by atoms with van der Waals surface area (Å²) in [6, 6.07) is 16.8. The molecule has 2 aromatic rings. The largest absolute Gasteiger partial charge is 0.348 e. The minimum atomic E-state index is -0.137. The summed E-state index contributed by atoms with van der Waals surface area (Å²) in [7, 11) is 4.07. The third-order valence-corrected chi connectivity index (χ3v) is 3.25. The van der Waals surface area contributed by atoms with Crippen LogP contribution in [0.25, 0.3) is 0 Å².